The van der Waals surface area contributed by atoms with Gasteiger partial charge in [-0.25, -0.2) is 4.79 Å². The highest BCUT2D eigenvalue weighted by Gasteiger charge is 2.30. The smallest absolute Gasteiger partial charge is 0.320 e. The van der Waals surface area contributed by atoms with Gasteiger partial charge in [0.1, 0.15) is 5.82 Å². The number of rotatable bonds is 4. The summed E-state index contributed by atoms with van der Waals surface area (Å²) in [6.07, 6.45) is 7.49. The van der Waals surface area contributed by atoms with Crippen LogP contribution in [0.4, 0.5) is 10.6 Å². The average molecular weight is 350 g/mol. The SMILES string of the molecule is Cn1ncc(-c2ccccc2)c1NC(=O)N1CCCC1Cn1cccn1. The minimum atomic E-state index is -0.0829. The molecule has 0 aliphatic carbocycles. The molecular formula is C19H22N6O. The predicted molar refractivity (Wildman–Crippen MR) is 99.6 cm³/mol. The van der Waals surface area contributed by atoms with Gasteiger partial charge in [0.25, 0.3) is 0 Å². The van der Waals surface area contributed by atoms with Crippen LogP contribution in [0.25, 0.3) is 11.1 Å². The Kier molecular flexibility index (Phi) is 4.43. The highest BCUT2D eigenvalue weighted by Crippen LogP contribution is 2.28. The van der Waals surface area contributed by atoms with Crippen molar-refractivity contribution in [2.24, 2.45) is 7.05 Å². The molecule has 26 heavy (non-hydrogen) atoms. The van der Waals surface area contributed by atoms with Crippen LogP contribution in [0, 0.1) is 0 Å². The molecule has 2 aromatic heterocycles. The van der Waals surface area contributed by atoms with Crippen LogP contribution in [0.1, 0.15) is 12.8 Å². The number of hydrogen-bond donors (Lipinski definition) is 1. The molecule has 1 aliphatic heterocycles. The van der Waals surface area contributed by atoms with Crippen LogP contribution >= 0.6 is 0 Å². The number of carbonyl (C=O) groups excluding carboxylic acids is 1. The lowest BCUT2D eigenvalue weighted by Crippen LogP contribution is -2.41. The number of nitrogens with one attached hydrogen (secondary N) is 1. The summed E-state index contributed by atoms with van der Waals surface area (Å²) in [5.41, 5.74) is 1.95. The largest absolute Gasteiger partial charge is 0.323 e. The van der Waals surface area contributed by atoms with Crippen molar-refractivity contribution < 1.29 is 4.79 Å². The number of aromatic nitrogens is 4. The lowest BCUT2D eigenvalue weighted by Gasteiger charge is -2.25. The van der Waals surface area contributed by atoms with Crippen molar-refractivity contribution in [1.82, 2.24) is 24.5 Å². The lowest BCUT2D eigenvalue weighted by atomic mass is 10.1. The van der Waals surface area contributed by atoms with Gasteiger partial charge in [0.15, 0.2) is 0 Å². The van der Waals surface area contributed by atoms with E-state index in [0.29, 0.717) is 5.82 Å². The number of aryl methyl sites for hydroxylation is 1. The number of carbonyl (C=O) groups is 1. The summed E-state index contributed by atoms with van der Waals surface area (Å²) >= 11 is 0. The van der Waals surface area contributed by atoms with Gasteiger partial charge in [0.2, 0.25) is 0 Å². The van der Waals surface area contributed by atoms with E-state index in [4.69, 9.17) is 0 Å². The van der Waals surface area contributed by atoms with E-state index in [1.54, 1.807) is 17.1 Å². The number of nitrogens with zero attached hydrogens (tertiary/aromatic N) is 5. The molecule has 1 N–H and O–H groups in total. The van der Waals surface area contributed by atoms with Gasteiger partial charge in [-0.1, -0.05) is 30.3 Å². The Bertz CT molecular complexity index is 871. The summed E-state index contributed by atoms with van der Waals surface area (Å²) in [6, 6.07) is 11.9. The van der Waals surface area contributed by atoms with Gasteiger partial charge >= 0.3 is 6.03 Å². The second-order valence-corrected chi connectivity index (χ2v) is 6.54. The zero-order valence-corrected chi connectivity index (χ0v) is 14.7. The summed E-state index contributed by atoms with van der Waals surface area (Å²) in [7, 11) is 1.84. The number of likely N-dealkylation sites (tertiary alicyclic amines) is 1. The number of hydrogen-bond acceptors (Lipinski definition) is 3. The van der Waals surface area contributed by atoms with E-state index in [9.17, 15) is 4.79 Å². The molecule has 0 bridgehead atoms. The van der Waals surface area contributed by atoms with E-state index in [1.165, 1.54) is 0 Å². The molecule has 0 spiro atoms. The maximum Gasteiger partial charge on any atom is 0.323 e. The van der Waals surface area contributed by atoms with Crippen molar-refractivity contribution in [2.75, 3.05) is 11.9 Å². The summed E-state index contributed by atoms with van der Waals surface area (Å²) in [4.78, 5) is 14.8. The minimum Gasteiger partial charge on any atom is -0.320 e. The monoisotopic (exact) mass is 350 g/mol. The highest BCUT2D eigenvalue weighted by molar-refractivity contribution is 5.93. The molecule has 1 atom stereocenters. The molecule has 3 aromatic rings. The topological polar surface area (TPSA) is 68.0 Å². The molecular weight excluding hydrogens is 328 g/mol. The van der Waals surface area contributed by atoms with Crippen LogP contribution in [0.15, 0.2) is 55.0 Å². The minimum absolute atomic E-state index is 0.0829. The number of urea groups is 1. The van der Waals surface area contributed by atoms with Crippen molar-refractivity contribution in [3.05, 3.63) is 55.0 Å². The number of anilines is 1. The van der Waals surface area contributed by atoms with Crippen LogP contribution in [0.3, 0.4) is 0 Å². The molecule has 1 unspecified atom stereocenters. The second kappa shape index (κ2) is 7.03. The maximum absolute atomic E-state index is 12.9. The molecule has 2 amide bonds. The fraction of sp³-hybridized carbons (Fsp3) is 0.316. The van der Waals surface area contributed by atoms with Crippen LogP contribution in [0.5, 0.6) is 0 Å². The first-order valence-electron chi connectivity index (χ1n) is 8.85. The van der Waals surface area contributed by atoms with Crippen molar-refractivity contribution in [3.8, 4) is 11.1 Å². The number of benzene rings is 1. The zero-order chi connectivity index (χ0) is 17.9. The van der Waals surface area contributed by atoms with Gasteiger partial charge in [-0.05, 0) is 24.5 Å². The molecule has 0 radical (unpaired) electrons. The molecule has 1 aromatic carbocycles. The Labute approximate surface area is 152 Å². The predicted octanol–water partition coefficient (Wildman–Crippen LogP) is 2.98. The Morgan fingerprint density at radius 1 is 1.23 bits per heavy atom. The third kappa shape index (κ3) is 3.20. The Hall–Kier alpha value is -3.09. The van der Waals surface area contributed by atoms with E-state index in [2.05, 4.69) is 15.5 Å². The first-order chi connectivity index (χ1) is 12.7. The van der Waals surface area contributed by atoms with Crippen LogP contribution in [-0.2, 0) is 13.6 Å². The van der Waals surface area contributed by atoms with E-state index < -0.39 is 0 Å². The molecule has 3 heterocycles. The first-order valence-corrected chi connectivity index (χ1v) is 8.85. The molecule has 134 valence electrons. The molecule has 1 saturated heterocycles. The fourth-order valence-corrected chi connectivity index (χ4v) is 3.51. The van der Waals surface area contributed by atoms with Gasteiger partial charge in [0, 0.05) is 31.5 Å². The summed E-state index contributed by atoms with van der Waals surface area (Å²) in [5.74, 6) is 0.714. The van der Waals surface area contributed by atoms with E-state index in [0.717, 1.165) is 37.1 Å². The third-order valence-corrected chi connectivity index (χ3v) is 4.84. The van der Waals surface area contributed by atoms with Crippen LogP contribution in [-0.4, -0.2) is 43.1 Å². The van der Waals surface area contributed by atoms with Gasteiger partial charge < -0.3 is 4.90 Å². The van der Waals surface area contributed by atoms with Crippen molar-refractivity contribution in [2.45, 2.75) is 25.4 Å². The third-order valence-electron chi connectivity index (χ3n) is 4.84. The molecule has 1 fully saturated rings. The lowest BCUT2D eigenvalue weighted by molar-refractivity contribution is 0.199. The van der Waals surface area contributed by atoms with Gasteiger partial charge in [-0.2, -0.15) is 10.2 Å². The van der Waals surface area contributed by atoms with Crippen molar-refractivity contribution in [1.29, 1.82) is 0 Å². The Balaban J connectivity index is 1.52. The fourth-order valence-electron chi connectivity index (χ4n) is 3.51. The second-order valence-electron chi connectivity index (χ2n) is 6.54. The Morgan fingerprint density at radius 2 is 2.08 bits per heavy atom. The van der Waals surface area contributed by atoms with Crippen LogP contribution in [0.2, 0.25) is 0 Å². The Morgan fingerprint density at radius 3 is 2.85 bits per heavy atom. The maximum atomic E-state index is 12.9. The molecule has 1 aliphatic rings. The van der Waals surface area contributed by atoms with Crippen molar-refractivity contribution in [3.63, 3.8) is 0 Å². The van der Waals surface area contributed by atoms with Crippen LogP contribution < -0.4 is 5.32 Å². The highest BCUT2D eigenvalue weighted by atomic mass is 16.2. The molecule has 0 saturated carbocycles. The van der Waals surface area contributed by atoms with E-state index >= 15 is 0 Å². The van der Waals surface area contributed by atoms with E-state index in [-0.39, 0.29) is 12.1 Å². The summed E-state index contributed by atoms with van der Waals surface area (Å²) < 4.78 is 3.59. The quantitative estimate of drug-likeness (QED) is 0.786. The standard InChI is InChI=1S/C19H22N6O/c1-23-18(17(13-21-23)15-7-3-2-4-8-15)22-19(26)25-12-5-9-16(25)14-24-11-6-10-20-24/h2-4,6-8,10-11,13,16H,5,9,12,14H2,1H3,(H,22,26). The molecule has 7 heteroatoms. The first kappa shape index (κ1) is 16.4. The summed E-state index contributed by atoms with van der Waals surface area (Å²) in [6.45, 7) is 1.48. The summed E-state index contributed by atoms with van der Waals surface area (Å²) in [5, 5.41) is 11.6. The van der Waals surface area contributed by atoms with Gasteiger partial charge in [0.05, 0.1) is 18.8 Å². The van der Waals surface area contributed by atoms with Crippen molar-refractivity contribution >= 4 is 11.8 Å². The van der Waals surface area contributed by atoms with Gasteiger partial charge in [-0.3, -0.25) is 14.7 Å². The van der Waals surface area contributed by atoms with Gasteiger partial charge in [-0.15, -0.1) is 0 Å². The molecule has 4 rings (SSSR count). The normalized spacial score (nSPS) is 16.8. The number of amides is 2. The zero-order valence-electron chi connectivity index (χ0n) is 14.7. The molecule has 7 nitrogen and oxygen atoms in total. The van der Waals surface area contributed by atoms with E-state index in [1.807, 2.05) is 59.2 Å². The average Bonchev–Trinajstić information content (AvgIpc) is 3.39.